The number of nitrogens with one attached hydrogen (secondary N) is 1. The van der Waals surface area contributed by atoms with Crippen molar-refractivity contribution in [1.82, 2.24) is 15.0 Å². The first-order chi connectivity index (χ1) is 15.9. The van der Waals surface area contributed by atoms with Gasteiger partial charge in [-0.05, 0) is 48.9 Å². The molecule has 2 aromatic carbocycles. The summed E-state index contributed by atoms with van der Waals surface area (Å²) in [7, 11) is 1.53. The Hall–Kier alpha value is -3.77. The molecule has 0 aliphatic carbocycles. The number of halogens is 2. The van der Waals surface area contributed by atoms with Crippen LogP contribution in [0, 0.1) is 18.3 Å². The lowest BCUT2D eigenvalue weighted by Crippen LogP contribution is -2.09. The fraction of sp³-hybridized carbons (Fsp3) is 0.167. The zero-order valence-electron chi connectivity index (χ0n) is 17.7. The number of pyridine rings is 1. The number of thioether (sulfide) groups is 1. The third kappa shape index (κ3) is 4.56. The molecule has 0 radical (unpaired) electrons. The van der Waals surface area contributed by atoms with Crippen LogP contribution in [0.25, 0.3) is 22.3 Å². The molecule has 0 aliphatic rings. The van der Waals surface area contributed by atoms with E-state index in [1.807, 2.05) is 18.2 Å². The fourth-order valence-electron chi connectivity index (χ4n) is 3.43. The molecule has 0 amide bonds. The van der Waals surface area contributed by atoms with Gasteiger partial charge in [0.25, 0.3) is 12.0 Å². The highest BCUT2D eigenvalue weighted by atomic mass is 32.2. The summed E-state index contributed by atoms with van der Waals surface area (Å²) in [5.41, 5.74) is 2.08. The number of aromatic nitrogens is 3. The van der Waals surface area contributed by atoms with Gasteiger partial charge >= 0.3 is 0 Å². The van der Waals surface area contributed by atoms with Crippen molar-refractivity contribution >= 4 is 22.7 Å². The van der Waals surface area contributed by atoms with Crippen LogP contribution in [0.4, 0.5) is 8.78 Å². The SMILES string of the molecule is COc1ccc(-c2nc3ccccc3c(=O)[nH]2)cc1CSc1nc(C(F)F)cc(C)c1C#N. The van der Waals surface area contributed by atoms with Gasteiger partial charge in [-0.2, -0.15) is 5.26 Å². The van der Waals surface area contributed by atoms with E-state index in [2.05, 4.69) is 15.0 Å². The molecule has 0 bridgehead atoms. The lowest BCUT2D eigenvalue weighted by atomic mass is 10.1. The van der Waals surface area contributed by atoms with Crippen LogP contribution >= 0.6 is 11.8 Å². The lowest BCUT2D eigenvalue weighted by Gasteiger charge is -2.12. The number of fused-ring (bicyclic) bond motifs is 1. The van der Waals surface area contributed by atoms with Crippen molar-refractivity contribution in [3.63, 3.8) is 0 Å². The number of nitriles is 1. The maximum Gasteiger partial charge on any atom is 0.280 e. The molecule has 0 saturated carbocycles. The topological polar surface area (TPSA) is 91.7 Å². The molecule has 0 atom stereocenters. The predicted octanol–water partition coefficient (Wildman–Crippen LogP) is 5.40. The van der Waals surface area contributed by atoms with E-state index >= 15 is 0 Å². The Bertz CT molecular complexity index is 1450. The Morgan fingerprint density at radius 1 is 1.18 bits per heavy atom. The first-order valence-corrected chi connectivity index (χ1v) is 10.9. The zero-order chi connectivity index (χ0) is 23.5. The molecule has 0 fully saturated rings. The Balaban J connectivity index is 1.71. The molecule has 4 rings (SSSR count). The van der Waals surface area contributed by atoms with E-state index in [4.69, 9.17) is 4.74 Å². The number of aromatic amines is 1. The normalized spacial score (nSPS) is 11.0. The molecule has 2 aromatic heterocycles. The molecule has 4 aromatic rings. The Morgan fingerprint density at radius 3 is 2.70 bits per heavy atom. The average Bonchev–Trinajstić information content (AvgIpc) is 2.82. The molecule has 2 heterocycles. The van der Waals surface area contributed by atoms with E-state index in [1.165, 1.54) is 24.9 Å². The fourth-order valence-corrected chi connectivity index (χ4v) is 4.47. The molecule has 0 aliphatic heterocycles. The number of rotatable bonds is 6. The third-order valence-electron chi connectivity index (χ3n) is 5.07. The van der Waals surface area contributed by atoms with Crippen molar-refractivity contribution in [1.29, 1.82) is 5.26 Å². The quantitative estimate of drug-likeness (QED) is 0.384. The van der Waals surface area contributed by atoms with Crippen molar-refractivity contribution in [3.05, 3.63) is 81.3 Å². The highest BCUT2D eigenvalue weighted by molar-refractivity contribution is 7.98. The second kappa shape index (κ2) is 9.38. The summed E-state index contributed by atoms with van der Waals surface area (Å²) in [5, 5.41) is 10.2. The summed E-state index contributed by atoms with van der Waals surface area (Å²) < 4.78 is 31.9. The van der Waals surface area contributed by atoms with E-state index in [1.54, 1.807) is 37.3 Å². The first kappa shape index (κ1) is 22.4. The minimum absolute atomic E-state index is 0.234. The second-order valence-corrected chi connectivity index (χ2v) is 8.17. The number of benzene rings is 2. The third-order valence-corrected chi connectivity index (χ3v) is 6.09. The van der Waals surface area contributed by atoms with Crippen molar-refractivity contribution in [2.75, 3.05) is 7.11 Å². The molecule has 0 spiro atoms. The van der Waals surface area contributed by atoms with Crippen LogP contribution in [0.2, 0.25) is 0 Å². The van der Waals surface area contributed by atoms with Gasteiger partial charge in [0.2, 0.25) is 0 Å². The highest BCUT2D eigenvalue weighted by Gasteiger charge is 2.17. The number of hydrogen-bond acceptors (Lipinski definition) is 6. The van der Waals surface area contributed by atoms with Crippen LogP contribution in [0.15, 0.2) is 58.4 Å². The molecule has 9 heteroatoms. The number of para-hydroxylation sites is 1. The van der Waals surface area contributed by atoms with Gasteiger partial charge in [0.15, 0.2) is 0 Å². The maximum absolute atomic E-state index is 13.2. The number of nitrogens with zero attached hydrogens (tertiary/aromatic N) is 3. The number of hydrogen-bond donors (Lipinski definition) is 1. The van der Waals surface area contributed by atoms with Gasteiger partial charge in [-0.25, -0.2) is 18.7 Å². The van der Waals surface area contributed by atoms with E-state index in [0.29, 0.717) is 39.4 Å². The highest BCUT2D eigenvalue weighted by Crippen LogP contribution is 2.33. The van der Waals surface area contributed by atoms with E-state index < -0.39 is 6.43 Å². The largest absolute Gasteiger partial charge is 0.496 e. The van der Waals surface area contributed by atoms with Crippen molar-refractivity contribution in [3.8, 4) is 23.2 Å². The number of alkyl halides is 2. The summed E-state index contributed by atoms with van der Waals surface area (Å²) >= 11 is 1.17. The van der Waals surface area contributed by atoms with Gasteiger partial charge in [-0.15, -0.1) is 11.8 Å². The number of aryl methyl sites for hydroxylation is 1. The standard InChI is InChI=1S/C24H18F2N4O2S/c1-13-9-19(21(25)26)29-24(17(13)11-27)33-12-15-10-14(7-8-20(15)32-2)22-28-18-6-4-3-5-16(18)23(31)30-22/h3-10,21H,12H2,1-2H3,(H,28,30,31). The number of methoxy groups -OCH3 is 1. The van der Waals surface area contributed by atoms with E-state index in [-0.39, 0.29) is 21.8 Å². The molecule has 6 nitrogen and oxygen atoms in total. The van der Waals surface area contributed by atoms with E-state index in [0.717, 1.165) is 5.56 Å². The molecule has 0 saturated heterocycles. The average molecular weight is 464 g/mol. The summed E-state index contributed by atoms with van der Waals surface area (Å²) in [6, 6.07) is 15.7. The van der Waals surface area contributed by atoms with Gasteiger partial charge in [0, 0.05) is 16.9 Å². The zero-order valence-corrected chi connectivity index (χ0v) is 18.5. The smallest absolute Gasteiger partial charge is 0.280 e. The molecule has 166 valence electrons. The Morgan fingerprint density at radius 2 is 1.97 bits per heavy atom. The van der Waals surface area contributed by atoms with Crippen LogP contribution in [-0.2, 0) is 5.75 Å². The Kier molecular flexibility index (Phi) is 6.38. The van der Waals surface area contributed by atoms with Gasteiger partial charge in [-0.3, -0.25) is 4.79 Å². The van der Waals surface area contributed by atoms with E-state index in [9.17, 15) is 18.8 Å². The van der Waals surface area contributed by atoms with Crippen molar-refractivity contribution < 1.29 is 13.5 Å². The Labute approximate surface area is 192 Å². The van der Waals surface area contributed by atoms with Crippen LogP contribution in [-0.4, -0.2) is 22.1 Å². The number of ether oxygens (including phenoxy) is 1. The van der Waals surface area contributed by atoms with Crippen molar-refractivity contribution in [2.24, 2.45) is 0 Å². The van der Waals surface area contributed by atoms with Crippen LogP contribution in [0.3, 0.4) is 0 Å². The number of H-pyrrole nitrogens is 1. The summed E-state index contributed by atoms with van der Waals surface area (Å²) in [6.45, 7) is 1.61. The second-order valence-electron chi connectivity index (χ2n) is 7.20. The minimum Gasteiger partial charge on any atom is -0.496 e. The van der Waals surface area contributed by atoms with Gasteiger partial charge < -0.3 is 9.72 Å². The molecule has 33 heavy (non-hydrogen) atoms. The molecular weight excluding hydrogens is 446 g/mol. The summed E-state index contributed by atoms with van der Waals surface area (Å²) in [5.74, 6) is 1.29. The van der Waals surface area contributed by atoms with Gasteiger partial charge in [-0.1, -0.05) is 12.1 Å². The van der Waals surface area contributed by atoms with Crippen molar-refractivity contribution in [2.45, 2.75) is 24.1 Å². The molecule has 1 N–H and O–H groups in total. The molecular formula is C24H18F2N4O2S. The first-order valence-electron chi connectivity index (χ1n) is 9.90. The summed E-state index contributed by atoms with van der Waals surface area (Å²) in [6.07, 6.45) is -2.73. The molecule has 0 unspecified atom stereocenters. The predicted molar refractivity (Wildman–Crippen MR) is 123 cm³/mol. The van der Waals surface area contributed by atoms with Gasteiger partial charge in [0.1, 0.15) is 28.4 Å². The lowest BCUT2D eigenvalue weighted by molar-refractivity contribution is 0.145. The van der Waals surface area contributed by atoms with Gasteiger partial charge in [0.05, 0.1) is 23.6 Å². The van der Waals surface area contributed by atoms with Crippen LogP contribution in [0.5, 0.6) is 5.75 Å². The minimum atomic E-state index is -2.73. The summed E-state index contributed by atoms with van der Waals surface area (Å²) in [4.78, 5) is 23.8. The maximum atomic E-state index is 13.2. The monoisotopic (exact) mass is 464 g/mol. The van der Waals surface area contributed by atoms with Crippen LogP contribution in [0.1, 0.15) is 28.8 Å². The van der Waals surface area contributed by atoms with Crippen LogP contribution < -0.4 is 10.3 Å².